The molecule has 0 aromatic rings. The number of aliphatic imine (C=N–C) groups is 1. The number of carbonyl (C=O) groups excluding carboxylic acids is 2. The third-order valence-corrected chi connectivity index (χ3v) is 2.01. The van der Waals surface area contributed by atoms with E-state index in [-0.39, 0.29) is 22.9 Å². The molecule has 8 nitrogen and oxygen atoms in total. The van der Waals surface area contributed by atoms with Gasteiger partial charge in [-0.1, -0.05) is 11.8 Å². The molecule has 0 aromatic heterocycles. The van der Waals surface area contributed by atoms with Crippen LogP contribution in [0.15, 0.2) is 4.99 Å². The highest BCUT2D eigenvalue weighted by atomic mass is 32.2. The first-order valence-electron chi connectivity index (χ1n) is 4.72. The zero-order chi connectivity index (χ0) is 13.4. The Morgan fingerprint density at radius 2 is 2.00 bits per heavy atom. The smallest absolute Gasteiger partial charge is 0.321 e. The van der Waals surface area contributed by atoms with Gasteiger partial charge in [-0.3, -0.25) is 15.5 Å². The number of hydrogen-bond donors (Lipinski definition) is 5. The minimum Gasteiger partial charge on any atom is -0.370 e. The Morgan fingerprint density at radius 1 is 1.41 bits per heavy atom. The topological polar surface area (TPSA) is 146 Å². The monoisotopic (exact) mass is 260 g/mol. The molecular weight excluding hydrogens is 244 g/mol. The summed E-state index contributed by atoms with van der Waals surface area (Å²) in [5, 5.41) is 11.6. The Hall–Kier alpha value is -1.77. The summed E-state index contributed by atoms with van der Waals surface area (Å²) < 4.78 is 0. The highest BCUT2D eigenvalue weighted by molar-refractivity contribution is 8.14. The maximum Gasteiger partial charge on any atom is 0.321 e. The Bertz CT molecular complexity index is 337. The van der Waals surface area contributed by atoms with E-state index in [1.54, 1.807) is 13.8 Å². The van der Waals surface area contributed by atoms with E-state index >= 15 is 0 Å². The van der Waals surface area contributed by atoms with Crippen molar-refractivity contribution in [3.05, 3.63) is 0 Å². The van der Waals surface area contributed by atoms with Crippen molar-refractivity contribution in [2.24, 2.45) is 16.5 Å². The molecule has 7 N–H and O–H groups in total. The van der Waals surface area contributed by atoms with Gasteiger partial charge in [-0.05, 0) is 13.8 Å². The van der Waals surface area contributed by atoms with Crippen molar-refractivity contribution in [1.29, 1.82) is 5.41 Å². The molecule has 0 aliphatic rings. The number of hydrogen-bond acceptors (Lipinski definition) is 4. The second-order valence-corrected chi connectivity index (χ2v) is 4.27. The number of guanidine groups is 1. The summed E-state index contributed by atoms with van der Waals surface area (Å²) >= 11 is 0.817. The normalized spacial score (nSPS) is 9.59. The largest absolute Gasteiger partial charge is 0.370 e. The molecule has 0 saturated carbocycles. The van der Waals surface area contributed by atoms with Gasteiger partial charge in [0.15, 0.2) is 11.1 Å². The number of thioether (sulfide) groups is 1. The lowest BCUT2D eigenvalue weighted by atomic mass is 10.4. The molecule has 0 fully saturated rings. The lowest BCUT2D eigenvalue weighted by molar-refractivity contribution is -0.117. The van der Waals surface area contributed by atoms with Gasteiger partial charge in [-0.2, -0.15) is 4.99 Å². The minimum absolute atomic E-state index is 0.0598. The van der Waals surface area contributed by atoms with Crippen LogP contribution in [-0.4, -0.2) is 34.9 Å². The first-order chi connectivity index (χ1) is 7.81. The van der Waals surface area contributed by atoms with Crippen LogP contribution in [0.3, 0.4) is 0 Å². The molecule has 96 valence electrons. The standard InChI is InChI=1S/C8H16N6O2S/c1-4(2)12-8(16)13-5(15)3-17-7(11)14-6(9)10/h4H,3H2,1-2H3,(H5,9,10,11,14)(H2,12,13,15,16). The van der Waals surface area contributed by atoms with Crippen LogP contribution in [0.1, 0.15) is 13.8 Å². The average molecular weight is 260 g/mol. The van der Waals surface area contributed by atoms with Crippen molar-refractivity contribution in [1.82, 2.24) is 10.6 Å². The Morgan fingerprint density at radius 3 is 2.47 bits per heavy atom. The van der Waals surface area contributed by atoms with Gasteiger partial charge < -0.3 is 16.8 Å². The molecule has 0 aliphatic heterocycles. The van der Waals surface area contributed by atoms with E-state index in [0.717, 1.165) is 11.8 Å². The van der Waals surface area contributed by atoms with Gasteiger partial charge in [0.25, 0.3) is 0 Å². The van der Waals surface area contributed by atoms with Crippen LogP contribution in [0.5, 0.6) is 0 Å². The molecule has 3 amide bonds. The first kappa shape index (κ1) is 15.2. The maximum absolute atomic E-state index is 11.2. The van der Waals surface area contributed by atoms with Gasteiger partial charge in [0.05, 0.1) is 5.75 Å². The van der Waals surface area contributed by atoms with Gasteiger partial charge in [0.2, 0.25) is 5.91 Å². The molecule has 0 heterocycles. The number of amides is 3. The molecule has 0 saturated heterocycles. The number of amidine groups is 1. The van der Waals surface area contributed by atoms with Crippen LogP contribution in [0, 0.1) is 5.41 Å². The number of carbonyl (C=O) groups is 2. The summed E-state index contributed by atoms with van der Waals surface area (Å²) in [4.78, 5) is 25.8. The number of urea groups is 1. The molecule has 0 unspecified atom stereocenters. The maximum atomic E-state index is 11.2. The molecule has 0 aromatic carbocycles. The number of nitrogens with two attached hydrogens (primary N) is 2. The molecule has 0 bridgehead atoms. The summed E-state index contributed by atoms with van der Waals surface area (Å²) in [5.74, 6) is -0.884. The van der Waals surface area contributed by atoms with Crippen molar-refractivity contribution >= 4 is 34.8 Å². The quantitative estimate of drug-likeness (QED) is 0.331. The van der Waals surface area contributed by atoms with Crippen LogP contribution in [0.2, 0.25) is 0 Å². The lowest BCUT2D eigenvalue weighted by Crippen LogP contribution is -2.43. The SMILES string of the molecule is CC(C)NC(=O)NC(=O)CSC(=N)N=C(N)N. The fraction of sp³-hybridized carbons (Fsp3) is 0.500. The van der Waals surface area contributed by atoms with Crippen molar-refractivity contribution < 1.29 is 9.59 Å². The van der Waals surface area contributed by atoms with Crippen LogP contribution >= 0.6 is 11.8 Å². The highest BCUT2D eigenvalue weighted by Crippen LogP contribution is 2.02. The van der Waals surface area contributed by atoms with E-state index in [1.165, 1.54) is 0 Å². The Labute approximate surface area is 103 Å². The predicted molar refractivity (Wildman–Crippen MR) is 67.8 cm³/mol. The van der Waals surface area contributed by atoms with Crippen molar-refractivity contribution in [2.45, 2.75) is 19.9 Å². The van der Waals surface area contributed by atoms with Gasteiger partial charge in [-0.25, -0.2) is 4.79 Å². The third-order valence-electron chi connectivity index (χ3n) is 1.24. The van der Waals surface area contributed by atoms with E-state index in [0.29, 0.717) is 0 Å². The summed E-state index contributed by atoms with van der Waals surface area (Å²) in [6.07, 6.45) is 0. The number of imide groups is 1. The van der Waals surface area contributed by atoms with Gasteiger partial charge in [0, 0.05) is 6.04 Å². The Balaban J connectivity index is 3.92. The lowest BCUT2D eigenvalue weighted by Gasteiger charge is -2.08. The van der Waals surface area contributed by atoms with Gasteiger partial charge in [0.1, 0.15) is 0 Å². The molecule has 0 radical (unpaired) electrons. The number of nitrogens with one attached hydrogen (secondary N) is 3. The molecule has 0 rings (SSSR count). The molecule has 17 heavy (non-hydrogen) atoms. The molecule has 9 heteroatoms. The summed E-state index contributed by atoms with van der Waals surface area (Å²) in [5.41, 5.74) is 10.1. The second-order valence-electron chi connectivity index (χ2n) is 3.31. The zero-order valence-corrected chi connectivity index (χ0v) is 10.4. The number of nitrogens with zero attached hydrogens (tertiary/aromatic N) is 1. The first-order valence-corrected chi connectivity index (χ1v) is 5.71. The van der Waals surface area contributed by atoms with Crippen LogP contribution < -0.4 is 22.1 Å². The second kappa shape index (κ2) is 7.49. The summed E-state index contributed by atoms with van der Waals surface area (Å²) in [6, 6.07) is -0.630. The average Bonchev–Trinajstić information content (AvgIpc) is 2.12. The van der Waals surface area contributed by atoms with Crippen molar-refractivity contribution in [3.8, 4) is 0 Å². The summed E-state index contributed by atoms with van der Waals surface area (Å²) in [6.45, 7) is 3.54. The predicted octanol–water partition coefficient (Wildman–Crippen LogP) is -0.838. The highest BCUT2D eigenvalue weighted by Gasteiger charge is 2.09. The van der Waals surface area contributed by atoms with E-state index in [1.807, 2.05) is 0 Å². The van der Waals surface area contributed by atoms with E-state index < -0.39 is 11.9 Å². The van der Waals surface area contributed by atoms with Crippen molar-refractivity contribution in [3.63, 3.8) is 0 Å². The van der Waals surface area contributed by atoms with E-state index in [4.69, 9.17) is 16.9 Å². The van der Waals surface area contributed by atoms with Crippen LogP contribution in [0.25, 0.3) is 0 Å². The Kier molecular flexibility index (Phi) is 6.71. The van der Waals surface area contributed by atoms with E-state index in [9.17, 15) is 9.59 Å². The number of rotatable bonds is 3. The van der Waals surface area contributed by atoms with Crippen LogP contribution in [-0.2, 0) is 4.79 Å². The van der Waals surface area contributed by atoms with Gasteiger partial charge in [-0.15, -0.1) is 0 Å². The van der Waals surface area contributed by atoms with Crippen LogP contribution in [0.4, 0.5) is 4.79 Å². The van der Waals surface area contributed by atoms with Crippen molar-refractivity contribution in [2.75, 3.05) is 5.75 Å². The minimum atomic E-state index is -0.570. The zero-order valence-electron chi connectivity index (χ0n) is 9.61. The fourth-order valence-corrected chi connectivity index (χ4v) is 1.25. The van der Waals surface area contributed by atoms with E-state index in [2.05, 4.69) is 15.6 Å². The van der Waals surface area contributed by atoms with Gasteiger partial charge >= 0.3 is 6.03 Å². The molecular formula is C8H16N6O2S. The summed E-state index contributed by atoms with van der Waals surface area (Å²) in [7, 11) is 0. The molecule has 0 atom stereocenters. The fourth-order valence-electron chi connectivity index (χ4n) is 0.744. The third kappa shape index (κ3) is 9.18. The molecule has 0 aliphatic carbocycles. The molecule has 0 spiro atoms.